The van der Waals surface area contributed by atoms with E-state index >= 15 is 0 Å². The lowest BCUT2D eigenvalue weighted by Crippen LogP contribution is -2.08. The van der Waals surface area contributed by atoms with E-state index in [9.17, 15) is 4.79 Å². The fourth-order valence-electron chi connectivity index (χ4n) is 1.46. The number of imidazole rings is 1. The molecule has 0 saturated carbocycles. The molecule has 0 atom stereocenters. The van der Waals surface area contributed by atoms with Crippen molar-refractivity contribution in [2.45, 2.75) is 6.92 Å². The van der Waals surface area contributed by atoms with Crippen molar-refractivity contribution in [3.05, 3.63) is 48.0 Å². The van der Waals surface area contributed by atoms with Crippen LogP contribution >= 0.6 is 0 Å². The van der Waals surface area contributed by atoms with Gasteiger partial charge in [0.2, 0.25) is 0 Å². The minimum atomic E-state index is -0.391. The van der Waals surface area contributed by atoms with Gasteiger partial charge in [-0.1, -0.05) is 17.7 Å². The molecule has 1 aromatic carbocycles. The molecule has 0 spiro atoms. The van der Waals surface area contributed by atoms with Crippen LogP contribution in [0.1, 0.15) is 16.1 Å². The molecule has 0 N–H and O–H groups in total. The highest BCUT2D eigenvalue weighted by Crippen LogP contribution is 2.12. The third kappa shape index (κ3) is 1.82. The molecule has 16 heavy (non-hydrogen) atoms. The second-order valence-electron chi connectivity index (χ2n) is 3.48. The number of rotatable bonds is 2. The molecule has 0 aliphatic heterocycles. The summed E-state index contributed by atoms with van der Waals surface area (Å²) in [6.07, 6.45) is 3.09. The van der Waals surface area contributed by atoms with Gasteiger partial charge in [0.1, 0.15) is 0 Å². The lowest BCUT2D eigenvalue weighted by atomic mass is 10.2. The molecule has 2 rings (SSSR count). The van der Waals surface area contributed by atoms with Crippen LogP contribution in [0.4, 0.5) is 0 Å². The maximum absolute atomic E-state index is 11.5. The number of esters is 1. The zero-order chi connectivity index (χ0) is 11.5. The summed E-state index contributed by atoms with van der Waals surface area (Å²) in [5, 5.41) is 0. The minimum absolute atomic E-state index is 0.391. The highest BCUT2D eigenvalue weighted by atomic mass is 16.5. The van der Waals surface area contributed by atoms with E-state index in [4.69, 9.17) is 0 Å². The predicted molar refractivity (Wildman–Crippen MR) is 59.6 cm³/mol. The zero-order valence-corrected chi connectivity index (χ0v) is 9.18. The molecule has 0 aliphatic carbocycles. The molecule has 0 bridgehead atoms. The first-order valence-electron chi connectivity index (χ1n) is 4.90. The Kier molecular flexibility index (Phi) is 2.72. The van der Waals surface area contributed by atoms with Gasteiger partial charge < -0.3 is 4.74 Å². The lowest BCUT2D eigenvalue weighted by molar-refractivity contribution is 0.0591. The molecule has 1 heterocycles. The van der Waals surface area contributed by atoms with Gasteiger partial charge in [0.05, 0.1) is 19.6 Å². The van der Waals surface area contributed by atoms with Gasteiger partial charge in [-0.25, -0.2) is 9.78 Å². The largest absolute Gasteiger partial charge is 0.464 e. The molecule has 0 amide bonds. The number of carbonyl (C=O) groups excluding carboxylic acids is 1. The molecule has 0 unspecified atom stereocenters. The fraction of sp³-hybridized carbons (Fsp3) is 0.167. The number of hydrogen-bond donors (Lipinski definition) is 0. The van der Waals surface area contributed by atoms with Crippen LogP contribution in [0.5, 0.6) is 0 Å². The molecule has 4 nitrogen and oxygen atoms in total. The lowest BCUT2D eigenvalue weighted by Gasteiger charge is -2.06. The summed E-state index contributed by atoms with van der Waals surface area (Å²) in [5.74, 6) is -0.391. The number of carbonyl (C=O) groups is 1. The Hall–Kier alpha value is -2.10. The summed E-state index contributed by atoms with van der Waals surface area (Å²) in [7, 11) is 1.36. The van der Waals surface area contributed by atoms with Crippen LogP contribution in [0, 0.1) is 6.92 Å². The number of aryl methyl sites for hydroxylation is 1. The topological polar surface area (TPSA) is 44.1 Å². The van der Waals surface area contributed by atoms with Crippen molar-refractivity contribution in [1.82, 2.24) is 9.55 Å². The number of benzene rings is 1. The average molecular weight is 216 g/mol. The molecular formula is C12H12N2O2. The predicted octanol–water partition coefficient (Wildman–Crippen LogP) is 1.97. The van der Waals surface area contributed by atoms with Crippen LogP contribution in [0.25, 0.3) is 5.69 Å². The van der Waals surface area contributed by atoms with E-state index in [2.05, 4.69) is 9.72 Å². The molecule has 82 valence electrons. The molecule has 1 aromatic heterocycles. The molecule has 0 fully saturated rings. The van der Waals surface area contributed by atoms with Crippen LogP contribution in [-0.2, 0) is 4.74 Å². The Morgan fingerprint density at radius 2 is 2.00 bits per heavy atom. The first-order chi connectivity index (χ1) is 7.72. The number of methoxy groups -OCH3 is 1. The number of nitrogens with zero attached hydrogens (tertiary/aromatic N) is 2. The van der Waals surface area contributed by atoms with E-state index in [0.29, 0.717) is 5.69 Å². The van der Waals surface area contributed by atoms with E-state index in [1.165, 1.54) is 18.9 Å². The first kappa shape index (κ1) is 10.4. The van der Waals surface area contributed by atoms with Crippen molar-refractivity contribution in [1.29, 1.82) is 0 Å². The fourth-order valence-corrected chi connectivity index (χ4v) is 1.46. The quantitative estimate of drug-likeness (QED) is 0.721. The van der Waals surface area contributed by atoms with Gasteiger partial charge in [0.25, 0.3) is 0 Å². The van der Waals surface area contributed by atoms with Crippen LogP contribution in [0.2, 0.25) is 0 Å². The van der Waals surface area contributed by atoms with Gasteiger partial charge in [-0.2, -0.15) is 0 Å². The van der Waals surface area contributed by atoms with Gasteiger partial charge in [-0.15, -0.1) is 0 Å². The molecule has 0 aliphatic rings. The highest BCUT2D eigenvalue weighted by molar-refractivity contribution is 5.87. The second kappa shape index (κ2) is 4.18. The Morgan fingerprint density at radius 1 is 1.31 bits per heavy atom. The van der Waals surface area contributed by atoms with Crippen LogP contribution < -0.4 is 0 Å². The van der Waals surface area contributed by atoms with Crippen molar-refractivity contribution in [2.24, 2.45) is 0 Å². The van der Waals surface area contributed by atoms with E-state index in [1.807, 2.05) is 31.2 Å². The number of hydrogen-bond acceptors (Lipinski definition) is 3. The third-order valence-electron chi connectivity index (χ3n) is 2.35. The average Bonchev–Trinajstić information content (AvgIpc) is 2.78. The summed E-state index contributed by atoms with van der Waals surface area (Å²) in [4.78, 5) is 15.4. The third-order valence-corrected chi connectivity index (χ3v) is 2.35. The van der Waals surface area contributed by atoms with Gasteiger partial charge in [-0.05, 0) is 19.1 Å². The van der Waals surface area contributed by atoms with Crippen molar-refractivity contribution in [3.8, 4) is 5.69 Å². The Morgan fingerprint density at radius 3 is 2.62 bits per heavy atom. The first-order valence-corrected chi connectivity index (χ1v) is 4.90. The normalized spacial score (nSPS) is 10.1. The number of ether oxygens (including phenoxy) is 1. The minimum Gasteiger partial charge on any atom is -0.464 e. The van der Waals surface area contributed by atoms with Gasteiger partial charge in [-0.3, -0.25) is 4.57 Å². The summed E-state index contributed by atoms with van der Waals surface area (Å²) < 4.78 is 6.38. The molecule has 0 saturated heterocycles. The maximum Gasteiger partial charge on any atom is 0.356 e. The van der Waals surface area contributed by atoms with E-state index < -0.39 is 5.97 Å². The van der Waals surface area contributed by atoms with E-state index in [0.717, 1.165) is 5.69 Å². The van der Waals surface area contributed by atoms with Crippen molar-refractivity contribution in [3.63, 3.8) is 0 Å². The number of aromatic nitrogens is 2. The smallest absolute Gasteiger partial charge is 0.356 e. The van der Waals surface area contributed by atoms with Gasteiger partial charge >= 0.3 is 5.97 Å². The zero-order valence-electron chi connectivity index (χ0n) is 9.18. The van der Waals surface area contributed by atoms with Crippen LogP contribution in [-0.4, -0.2) is 22.6 Å². The van der Waals surface area contributed by atoms with Gasteiger partial charge in [0.15, 0.2) is 5.69 Å². The van der Waals surface area contributed by atoms with E-state index in [-0.39, 0.29) is 0 Å². The monoisotopic (exact) mass is 216 g/mol. The van der Waals surface area contributed by atoms with Crippen molar-refractivity contribution >= 4 is 5.97 Å². The summed E-state index contributed by atoms with van der Waals surface area (Å²) in [6.45, 7) is 2.01. The highest BCUT2D eigenvalue weighted by Gasteiger charge is 2.12. The Balaban J connectivity index is 2.44. The standard InChI is InChI=1S/C12H12N2O2/c1-9-3-5-10(6-4-9)14-8-13-7-11(14)12(15)16-2/h3-8H,1-2H3. The Labute approximate surface area is 93.5 Å². The van der Waals surface area contributed by atoms with Crippen molar-refractivity contribution < 1.29 is 9.53 Å². The second-order valence-corrected chi connectivity index (χ2v) is 3.48. The van der Waals surface area contributed by atoms with Gasteiger partial charge in [0, 0.05) is 5.69 Å². The molecule has 4 heteroatoms. The van der Waals surface area contributed by atoms with Crippen LogP contribution in [0.15, 0.2) is 36.8 Å². The molecule has 2 aromatic rings. The molecular weight excluding hydrogens is 204 g/mol. The van der Waals surface area contributed by atoms with E-state index in [1.54, 1.807) is 10.9 Å². The molecule has 0 radical (unpaired) electrons. The summed E-state index contributed by atoms with van der Waals surface area (Å²) in [5.41, 5.74) is 2.48. The maximum atomic E-state index is 11.5. The SMILES string of the molecule is COC(=O)c1cncn1-c1ccc(C)cc1. The summed E-state index contributed by atoms with van der Waals surface area (Å²) >= 11 is 0. The Bertz CT molecular complexity index is 500. The summed E-state index contributed by atoms with van der Waals surface area (Å²) in [6, 6.07) is 7.83. The van der Waals surface area contributed by atoms with Crippen LogP contribution in [0.3, 0.4) is 0 Å². The van der Waals surface area contributed by atoms with Crippen molar-refractivity contribution in [2.75, 3.05) is 7.11 Å².